The van der Waals surface area contributed by atoms with E-state index in [-0.39, 0.29) is 6.79 Å². The summed E-state index contributed by atoms with van der Waals surface area (Å²) in [5.41, 5.74) is 2.46. The van der Waals surface area contributed by atoms with Gasteiger partial charge in [-0.1, -0.05) is 29.8 Å². The van der Waals surface area contributed by atoms with Gasteiger partial charge in [-0.2, -0.15) is 0 Å². The highest BCUT2D eigenvalue weighted by Crippen LogP contribution is 2.32. The number of aliphatic hydroxyl groups excluding tert-OH is 1. The van der Waals surface area contributed by atoms with Gasteiger partial charge in [-0.3, -0.25) is 0 Å². The fourth-order valence-corrected chi connectivity index (χ4v) is 2.26. The van der Waals surface area contributed by atoms with Crippen LogP contribution >= 0.6 is 11.6 Å². The van der Waals surface area contributed by atoms with Gasteiger partial charge in [0.2, 0.25) is 0 Å². The Kier molecular flexibility index (Phi) is 5.66. The minimum Gasteiger partial charge on any atom is -0.465 e. The molecular formula is C17H20ClNO3. The number of rotatable bonds is 6. The molecular weight excluding hydrogens is 302 g/mol. The average Bonchev–Trinajstić information content (AvgIpc) is 2.52. The zero-order valence-electron chi connectivity index (χ0n) is 12.9. The molecule has 1 unspecified atom stereocenters. The molecule has 1 atom stereocenters. The Morgan fingerprint density at radius 3 is 2.32 bits per heavy atom. The smallest absolute Gasteiger partial charge is 0.188 e. The number of aliphatic hydroxyl groups is 1. The first-order chi connectivity index (χ1) is 10.5. The van der Waals surface area contributed by atoms with Crippen LogP contribution in [-0.4, -0.2) is 33.1 Å². The minimum absolute atomic E-state index is 0.180. The van der Waals surface area contributed by atoms with Crippen LogP contribution in [0.3, 0.4) is 0 Å². The van der Waals surface area contributed by atoms with Crippen molar-refractivity contribution in [2.45, 2.75) is 6.10 Å². The number of hydrogen-bond acceptors (Lipinski definition) is 4. The van der Waals surface area contributed by atoms with Crippen molar-refractivity contribution < 1.29 is 14.6 Å². The van der Waals surface area contributed by atoms with E-state index in [9.17, 15) is 5.11 Å². The lowest BCUT2D eigenvalue weighted by atomic mass is 10.0. The van der Waals surface area contributed by atoms with Gasteiger partial charge in [0.15, 0.2) is 6.79 Å². The first kappa shape index (κ1) is 16.6. The number of ether oxygens (including phenoxy) is 2. The summed E-state index contributed by atoms with van der Waals surface area (Å²) in [5.74, 6) is 0.707. The zero-order chi connectivity index (χ0) is 16.1. The van der Waals surface area contributed by atoms with Gasteiger partial charge in [0, 0.05) is 26.2 Å². The molecule has 2 rings (SSSR count). The molecule has 0 saturated carbocycles. The van der Waals surface area contributed by atoms with E-state index in [0.717, 1.165) is 16.8 Å². The third-order valence-corrected chi connectivity index (χ3v) is 3.55. The molecule has 22 heavy (non-hydrogen) atoms. The molecule has 5 heteroatoms. The van der Waals surface area contributed by atoms with Crippen LogP contribution in [0.5, 0.6) is 5.75 Å². The second-order valence-electron chi connectivity index (χ2n) is 5.13. The summed E-state index contributed by atoms with van der Waals surface area (Å²) in [6.45, 7) is 0.180. The molecule has 0 aromatic heterocycles. The Labute approximate surface area is 135 Å². The van der Waals surface area contributed by atoms with Gasteiger partial charge in [0.05, 0.1) is 5.69 Å². The van der Waals surface area contributed by atoms with Crippen molar-refractivity contribution in [3.05, 3.63) is 58.6 Å². The van der Waals surface area contributed by atoms with Gasteiger partial charge >= 0.3 is 0 Å². The second kappa shape index (κ2) is 7.49. The van der Waals surface area contributed by atoms with Crippen molar-refractivity contribution in [1.29, 1.82) is 0 Å². The van der Waals surface area contributed by atoms with Crippen LogP contribution in [0.1, 0.15) is 17.2 Å². The average molecular weight is 322 g/mol. The first-order valence-electron chi connectivity index (χ1n) is 6.89. The third kappa shape index (κ3) is 3.91. The lowest BCUT2D eigenvalue weighted by Gasteiger charge is -2.20. The molecule has 0 aliphatic rings. The van der Waals surface area contributed by atoms with Crippen molar-refractivity contribution in [2.24, 2.45) is 0 Å². The molecule has 4 nitrogen and oxygen atoms in total. The molecule has 1 N–H and O–H groups in total. The van der Waals surface area contributed by atoms with Crippen LogP contribution in [0.15, 0.2) is 42.5 Å². The number of methoxy groups -OCH3 is 1. The normalized spacial score (nSPS) is 12.0. The Bertz CT molecular complexity index is 614. The number of nitrogens with zero attached hydrogens (tertiary/aromatic N) is 1. The standard InChI is InChI=1S/C17H20ClNO3/c1-19(2)15-10-13(6-9-16(15)22-11-21-3)17(20)12-4-7-14(18)8-5-12/h4-10,17,20H,11H2,1-3H3. The summed E-state index contributed by atoms with van der Waals surface area (Å²) in [4.78, 5) is 1.93. The Hall–Kier alpha value is -1.75. The van der Waals surface area contributed by atoms with E-state index in [1.165, 1.54) is 0 Å². The largest absolute Gasteiger partial charge is 0.465 e. The quantitative estimate of drug-likeness (QED) is 0.827. The van der Waals surface area contributed by atoms with E-state index < -0.39 is 6.10 Å². The summed E-state index contributed by atoms with van der Waals surface area (Å²) in [6, 6.07) is 12.8. The van der Waals surface area contributed by atoms with Gasteiger partial charge < -0.3 is 19.5 Å². The highest BCUT2D eigenvalue weighted by molar-refractivity contribution is 6.30. The highest BCUT2D eigenvalue weighted by Gasteiger charge is 2.14. The van der Waals surface area contributed by atoms with Gasteiger partial charge in [-0.25, -0.2) is 0 Å². The summed E-state index contributed by atoms with van der Waals surface area (Å²) >= 11 is 5.88. The number of benzene rings is 2. The van der Waals surface area contributed by atoms with Crippen molar-refractivity contribution >= 4 is 17.3 Å². The summed E-state index contributed by atoms with van der Waals surface area (Å²) in [7, 11) is 5.43. The predicted molar refractivity (Wildman–Crippen MR) is 88.8 cm³/mol. The molecule has 2 aromatic carbocycles. The summed E-state index contributed by atoms with van der Waals surface area (Å²) < 4.78 is 10.5. The molecule has 0 fully saturated rings. The Balaban J connectivity index is 2.31. The molecule has 118 valence electrons. The fraction of sp³-hybridized carbons (Fsp3) is 0.294. The van der Waals surface area contributed by atoms with E-state index in [2.05, 4.69) is 0 Å². The number of halogens is 1. The van der Waals surface area contributed by atoms with E-state index in [1.807, 2.05) is 49.3 Å². The van der Waals surface area contributed by atoms with E-state index in [4.69, 9.17) is 21.1 Å². The van der Waals surface area contributed by atoms with Crippen molar-refractivity contribution in [1.82, 2.24) is 0 Å². The van der Waals surface area contributed by atoms with Crippen LogP contribution in [0, 0.1) is 0 Å². The topological polar surface area (TPSA) is 41.9 Å². The SMILES string of the molecule is COCOc1ccc(C(O)c2ccc(Cl)cc2)cc1N(C)C. The van der Waals surface area contributed by atoms with E-state index in [1.54, 1.807) is 19.2 Å². The lowest BCUT2D eigenvalue weighted by Crippen LogP contribution is -2.13. The summed E-state index contributed by atoms with van der Waals surface area (Å²) in [5, 5.41) is 11.2. The first-order valence-corrected chi connectivity index (χ1v) is 7.27. The van der Waals surface area contributed by atoms with Crippen LogP contribution in [0.25, 0.3) is 0 Å². The molecule has 0 heterocycles. The second-order valence-corrected chi connectivity index (χ2v) is 5.56. The maximum Gasteiger partial charge on any atom is 0.188 e. The van der Waals surface area contributed by atoms with Gasteiger partial charge in [-0.05, 0) is 35.4 Å². The van der Waals surface area contributed by atoms with Crippen LogP contribution in [0.2, 0.25) is 5.02 Å². The third-order valence-electron chi connectivity index (χ3n) is 3.30. The number of anilines is 1. The van der Waals surface area contributed by atoms with Crippen LogP contribution < -0.4 is 9.64 Å². The molecule has 0 bridgehead atoms. The minimum atomic E-state index is -0.715. The van der Waals surface area contributed by atoms with Crippen molar-refractivity contribution in [3.8, 4) is 5.75 Å². The maximum atomic E-state index is 10.5. The zero-order valence-corrected chi connectivity index (χ0v) is 13.7. The van der Waals surface area contributed by atoms with E-state index in [0.29, 0.717) is 10.8 Å². The monoisotopic (exact) mass is 321 g/mol. The van der Waals surface area contributed by atoms with Gasteiger partial charge in [0.1, 0.15) is 11.9 Å². The summed E-state index contributed by atoms with van der Waals surface area (Å²) in [6.07, 6.45) is -0.715. The molecule has 0 radical (unpaired) electrons. The highest BCUT2D eigenvalue weighted by atomic mass is 35.5. The molecule has 2 aromatic rings. The fourth-order valence-electron chi connectivity index (χ4n) is 2.14. The predicted octanol–water partition coefficient (Wildman–Crippen LogP) is 3.47. The molecule has 0 saturated heterocycles. The van der Waals surface area contributed by atoms with Crippen molar-refractivity contribution in [2.75, 3.05) is 32.9 Å². The van der Waals surface area contributed by atoms with Gasteiger partial charge in [0.25, 0.3) is 0 Å². The molecule has 0 aliphatic carbocycles. The molecule has 0 amide bonds. The molecule has 0 aliphatic heterocycles. The van der Waals surface area contributed by atoms with Gasteiger partial charge in [-0.15, -0.1) is 0 Å². The lowest BCUT2D eigenvalue weighted by molar-refractivity contribution is 0.0514. The van der Waals surface area contributed by atoms with Crippen LogP contribution in [0.4, 0.5) is 5.69 Å². The molecule has 0 spiro atoms. The number of hydrogen-bond donors (Lipinski definition) is 1. The van der Waals surface area contributed by atoms with Crippen LogP contribution in [-0.2, 0) is 4.74 Å². The Morgan fingerprint density at radius 2 is 1.73 bits per heavy atom. The Morgan fingerprint density at radius 1 is 1.09 bits per heavy atom. The van der Waals surface area contributed by atoms with E-state index >= 15 is 0 Å². The van der Waals surface area contributed by atoms with Crippen molar-refractivity contribution in [3.63, 3.8) is 0 Å². The maximum absolute atomic E-state index is 10.5.